The summed E-state index contributed by atoms with van der Waals surface area (Å²) < 4.78 is 5.18. The maximum atomic E-state index is 6.08. The van der Waals surface area contributed by atoms with Crippen LogP contribution in [0.3, 0.4) is 0 Å². The summed E-state index contributed by atoms with van der Waals surface area (Å²) in [5.41, 5.74) is 7.07. The van der Waals surface area contributed by atoms with E-state index in [1.807, 2.05) is 18.2 Å². The summed E-state index contributed by atoms with van der Waals surface area (Å²) in [5, 5.41) is 0.596. The van der Waals surface area contributed by atoms with Crippen molar-refractivity contribution in [2.45, 2.75) is 0 Å². The molecule has 1 heterocycles. The van der Waals surface area contributed by atoms with Gasteiger partial charge in [-0.3, -0.25) is 0 Å². The van der Waals surface area contributed by atoms with Crippen molar-refractivity contribution in [2.24, 2.45) is 0 Å². The minimum Gasteiger partial charge on any atom is -0.491 e. The van der Waals surface area contributed by atoms with E-state index in [1.165, 1.54) is 13.4 Å². The summed E-state index contributed by atoms with van der Waals surface area (Å²) >= 11 is 6.08. The highest BCUT2D eigenvalue weighted by atomic mass is 35.5. The number of ether oxygens (including phenoxy) is 1. The Bertz CT molecular complexity index is 516. The third kappa shape index (κ3) is 1.79. The summed E-state index contributed by atoms with van der Waals surface area (Å²) in [5.74, 6) is 0.739. The fraction of sp³-hybridized carbons (Fsp3) is 0.0909. The lowest BCUT2D eigenvalue weighted by atomic mass is 10.1. The van der Waals surface area contributed by atoms with Crippen LogP contribution in [0.1, 0.15) is 0 Å². The van der Waals surface area contributed by atoms with Crippen molar-refractivity contribution < 1.29 is 4.74 Å². The van der Waals surface area contributed by atoms with Crippen molar-refractivity contribution in [2.75, 3.05) is 12.8 Å². The third-order valence-electron chi connectivity index (χ3n) is 2.16. The number of nitrogens with zero attached hydrogens (tertiary/aromatic N) is 2. The lowest BCUT2D eigenvalue weighted by Crippen LogP contribution is -1.99. The van der Waals surface area contributed by atoms with Gasteiger partial charge in [-0.2, -0.15) is 0 Å². The number of methoxy groups -OCH3 is 1. The van der Waals surface area contributed by atoms with Crippen LogP contribution < -0.4 is 10.5 Å². The molecule has 0 fully saturated rings. The number of halogens is 1. The van der Waals surface area contributed by atoms with E-state index in [2.05, 4.69) is 9.97 Å². The number of nitrogen functional groups attached to an aromatic ring is 1. The van der Waals surface area contributed by atoms with E-state index < -0.39 is 0 Å². The van der Waals surface area contributed by atoms with E-state index in [0.29, 0.717) is 22.3 Å². The minimum absolute atomic E-state index is 0.299. The van der Waals surface area contributed by atoms with Gasteiger partial charge in [0.2, 0.25) is 0 Å². The molecule has 82 valence electrons. The molecule has 4 nitrogen and oxygen atoms in total. The molecule has 0 aliphatic heterocycles. The first kappa shape index (κ1) is 10.7. The first-order valence-corrected chi connectivity index (χ1v) is 5.01. The number of hydrogen-bond acceptors (Lipinski definition) is 4. The van der Waals surface area contributed by atoms with Gasteiger partial charge in [-0.15, -0.1) is 0 Å². The number of benzene rings is 1. The Morgan fingerprint density at radius 2 is 2.00 bits per heavy atom. The molecule has 0 saturated heterocycles. The average Bonchev–Trinajstić information content (AvgIpc) is 2.29. The molecule has 2 N–H and O–H groups in total. The molecular formula is C11H10ClN3O. The molecule has 0 radical (unpaired) electrons. The van der Waals surface area contributed by atoms with Crippen LogP contribution in [-0.2, 0) is 0 Å². The lowest BCUT2D eigenvalue weighted by molar-refractivity contribution is 0.415. The van der Waals surface area contributed by atoms with Gasteiger partial charge in [0.1, 0.15) is 12.0 Å². The van der Waals surface area contributed by atoms with Crippen molar-refractivity contribution in [1.29, 1.82) is 0 Å². The second-order valence-corrected chi connectivity index (χ2v) is 3.53. The highest BCUT2D eigenvalue weighted by molar-refractivity contribution is 6.33. The van der Waals surface area contributed by atoms with Crippen LogP contribution >= 0.6 is 11.6 Å². The van der Waals surface area contributed by atoms with Crippen molar-refractivity contribution in [3.05, 3.63) is 35.6 Å². The molecule has 0 bridgehead atoms. The maximum absolute atomic E-state index is 6.08. The van der Waals surface area contributed by atoms with Crippen LogP contribution in [0.5, 0.6) is 5.75 Å². The zero-order valence-corrected chi connectivity index (χ0v) is 9.40. The van der Waals surface area contributed by atoms with Crippen LogP contribution in [0, 0.1) is 0 Å². The Morgan fingerprint density at radius 1 is 1.25 bits per heavy atom. The van der Waals surface area contributed by atoms with Crippen LogP contribution in [0.15, 0.2) is 30.6 Å². The van der Waals surface area contributed by atoms with Gasteiger partial charge in [0.05, 0.1) is 12.1 Å². The molecule has 0 spiro atoms. The molecule has 2 rings (SSSR count). The largest absolute Gasteiger partial charge is 0.491 e. The Kier molecular flexibility index (Phi) is 2.92. The Balaban J connectivity index is 2.65. The number of nitrogens with two attached hydrogens (primary N) is 1. The summed E-state index contributed by atoms with van der Waals surface area (Å²) in [6, 6.07) is 7.36. The van der Waals surface area contributed by atoms with Gasteiger partial charge in [-0.25, -0.2) is 9.97 Å². The molecule has 2 aromatic rings. The molecule has 0 atom stereocenters. The first-order valence-electron chi connectivity index (χ1n) is 4.63. The second kappa shape index (κ2) is 4.37. The number of anilines is 1. The zero-order valence-electron chi connectivity index (χ0n) is 8.64. The molecule has 0 aliphatic rings. The molecule has 0 amide bonds. The fourth-order valence-corrected chi connectivity index (χ4v) is 1.66. The van der Waals surface area contributed by atoms with Crippen LogP contribution in [0.25, 0.3) is 11.3 Å². The summed E-state index contributed by atoms with van der Waals surface area (Å²) in [6.45, 7) is 0. The van der Waals surface area contributed by atoms with E-state index in [1.54, 1.807) is 6.07 Å². The smallest absolute Gasteiger partial charge is 0.187 e. The zero-order chi connectivity index (χ0) is 11.5. The molecule has 1 aromatic heterocycles. The molecule has 0 aliphatic carbocycles. The van der Waals surface area contributed by atoms with E-state index in [-0.39, 0.29) is 0 Å². The van der Waals surface area contributed by atoms with Gasteiger partial charge >= 0.3 is 0 Å². The van der Waals surface area contributed by atoms with Crippen molar-refractivity contribution >= 4 is 17.4 Å². The topological polar surface area (TPSA) is 61.0 Å². The van der Waals surface area contributed by atoms with Crippen LogP contribution in [0.4, 0.5) is 5.82 Å². The van der Waals surface area contributed by atoms with Gasteiger partial charge in [-0.1, -0.05) is 29.8 Å². The van der Waals surface area contributed by atoms with Crippen molar-refractivity contribution in [1.82, 2.24) is 9.97 Å². The normalized spacial score (nSPS) is 10.1. The van der Waals surface area contributed by atoms with Crippen molar-refractivity contribution in [3.63, 3.8) is 0 Å². The van der Waals surface area contributed by atoms with E-state index in [4.69, 9.17) is 22.1 Å². The van der Waals surface area contributed by atoms with Gasteiger partial charge in [0.15, 0.2) is 11.6 Å². The number of aromatic nitrogens is 2. The molecule has 5 heteroatoms. The summed E-state index contributed by atoms with van der Waals surface area (Å²) in [6.07, 6.45) is 1.39. The van der Waals surface area contributed by atoms with E-state index >= 15 is 0 Å². The van der Waals surface area contributed by atoms with Crippen LogP contribution in [-0.4, -0.2) is 17.1 Å². The monoisotopic (exact) mass is 235 g/mol. The Hall–Kier alpha value is -1.81. The van der Waals surface area contributed by atoms with Gasteiger partial charge in [-0.05, 0) is 6.07 Å². The highest BCUT2D eigenvalue weighted by Gasteiger charge is 2.13. The molecule has 1 aromatic carbocycles. The molecule has 0 saturated carbocycles. The van der Waals surface area contributed by atoms with Gasteiger partial charge < -0.3 is 10.5 Å². The minimum atomic E-state index is 0.299. The third-order valence-corrected chi connectivity index (χ3v) is 2.49. The van der Waals surface area contributed by atoms with Gasteiger partial charge in [0.25, 0.3) is 0 Å². The molecule has 0 unspecified atom stereocenters. The average molecular weight is 236 g/mol. The fourth-order valence-electron chi connectivity index (χ4n) is 1.43. The quantitative estimate of drug-likeness (QED) is 0.868. The Morgan fingerprint density at radius 3 is 2.69 bits per heavy atom. The molecular weight excluding hydrogens is 226 g/mol. The predicted molar refractivity (Wildman–Crippen MR) is 63.4 cm³/mol. The summed E-state index contributed by atoms with van der Waals surface area (Å²) in [7, 11) is 1.52. The number of hydrogen-bond donors (Lipinski definition) is 1. The summed E-state index contributed by atoms with van der Waals surface area (Å²) in [4.78, 5) is 8.01. The Labute approximate surface area is 98.0 Å². The lowest BCUT2D eigenvalue weighted by Gasteiger charge is -2.09. The molecule has 16 heavy (non-hydrogen) atoms. The first-order chi connectivity index (χ1) is 7.74. The van der Waals surface area contributed by atoms with Crippen LogP contribution in [0.2, 0.25) is 5.02 Å². The number of rotatable bonds is 2. The maximum Gasteiger partial charge on any atom is 0.187 e. The van der Waals surface area contributed by atoms with E-state index in [0.717, 1.165) is 5.56 Å². The standard InChI is InChI=1S/C11H10ClN3O/c1-16-10-9(14-6-15-11(10)13)7-4-2-3-5-8(7)12/h2-6H,1H3,(H2,13,14,15). The highest BCUT2D eigenvalue weighted by Crippen LogP contribution is 2.34. The van der Waals surface area contributed by atoms with Crippen molar-refractivity contribution in [3.8, 4) is 17.0 Å². The second-order valence-electron chi connectivity index (χ2n) is 3.12. The SMILES string of the molecule is COc1c(N)ncnc1-c1ccccc1Cl. The van der Waals surface area contributed by atoms with Gasteiger partial charge in [0, 0.05) is 5.56 Å². The van der Waals surface area contributed by atoms with E-state index in [9.17, 15) is 0 Å². The predicted octanol–water partition coefficient (Wildman–Crippen LogP) is 2.39.